The largest absolute Gasteiger partial charge is 0.496 e. The molecule has 2 aromatic rings. The van der Waals surface area contributed by atoms with Gasteiger partial charge in [0.25, 0.3) is 0 Å². The van der Waals surface area contributed by atoms with Crippen molar-refractivity contribution >= 4 is 27.5 Å². The summed E-state index contributed by atoms with van der Waals surface area (Å²) >= 11 is 9.72. The van der Waals surface area contributed by atoms with Crippen molar-refractivity contribution in [3.8, 4) is 5.75 Å². The molecule has 0 aliphatic carbocycles. The topological polar surface area (TPSA) is 9.23 Å². The molecule has 112 valence electrons. The molecule has 0 amide bonds. The van der Waals surface area contributed by atoms with Crippen LogP contribution in [0.5, 0.6) is 5.75 Å². The van der Waals surface area contributed by atoms with Gasteiger partial charge in [0.15, 0.2) is 0 Å². The molecule has 0 radical (unpaired) electrons. The Morgan fingerprint density at radius 1 is 1.14 bits per heavy atom. The monoisotopic (exact) mass is 366 g/mol. The van der Waals surface area contributed by atoms with Crippen molar-refractivity contribution in [1.29, 1.82) is 0 Å². The summed E-state index contributed by atoms with van der Waals surface area (Å²) in [4.78, 5) is 0. The van der Waals surface area contributed by atoms with Crippen LogP contribution in [0.2, 0.25) is 0 Å². The minimum atomic E-state index is 0.438. The van der Waals surface area contributed by atoms with E-state index in [0.29, 0.717) is 11.8 Å². The van der Waals surface area contributed by atoms with Crippen molar-refractivity contribution in [2.75, 3.05) is 13.0 Å². The second kappa shape index (κ2) is 7.86. The van der Waals surface area contributed by atoms with Crippen LogP contribution in [0.25, 0.3) is 0 Å². The van der Waals surface area contributed by atoms with Crippen molar-refractivity contribution in [2.45, 2.75) is 19.8 Å². The molecule has 21 heavy (non-hydrogen) atoms. The van der Waals surface area contributed by atoms with Crippen LogP contribution in [-0.2, 0) is 12.8 Å². The molecular weight excluding hydrogens is 348 g/mol. The number of alkyl halides is 1. The minimum Gasteiger partial charge on any atom is -0.496 e. The molecule has 0 bridgehead atoms. The van der Waals surface area contributed by atoms with Gasteiger partial charge in [0.05, 0.1) is 11.6 Å². The summed E-state index contributed by atoms with van der Waals surface area (Å²) in [7, 11) is 1.68. The molecule has 0 aromatic heterocycles. The lowest BCUT2D eigenvalue weighted by atomic mass is 9.92. The lowest BCUT2D eigenvalue weighted by Crippen LogP contribution is -2.11. The highest BCUT2D eigenvalue weighted by molar-refractivity contribution is 9.10. The summed E-state index contributed by atoms with van der Waals surface area (Å²) in [6.45, 7) is 2.16. The second-order valence-electron chi connectivity index (χ2n) is 5.32. The molecule has 0 N–H and O–H groups in total. The lowest BCUT2D eigenvalue weighted by Gasteiger charge is -2.16. The Hall–Kier alpha value is -0.990. The first kappa shape index (κ1) is 16.4. The Labute approximate surface area is 140 Å². The molecule has 0 aliphatic rings. The molecule has 1 unspecified atom stereocenters. The fourth-order valence-electron chi connectivity index (χ4n) is 2.50. The fraction of sp³-hybridized carbons (Fsp3) is 0.333. The van der Waals surface area contributed by atoms with Gasteiger partial charge in [-0.15, -0.1) is 11.6 Å². The average Bonchev–Trinajstić information content (AvgIpc) is 2.49. The molecule has 2 rings (SSSR count). The van der Waals surface area contributed by atoms with Crippen LogP contribution in [-0.4, -0.2) is 13.0 Å². The summed E-state index contributed by atoms with van der Waals surface area (Å²) in [5.74, 6) is 1.96. The van der Waals surface area contributed by atoms with Gasteiger partial charge in [-0.05, 0) is 70.4 Å². The average molecular weight is 368 g/mol. The molecule has 0 spiro atoms. The maximum absolute atomic E-state index is 6.18. The van der Waals surface area contributed by atoms with Crippen LogP contribution < -0.4 is 4.74 Å². The first-order valence-corrected chi connectivity index (χ1v) is 8.39. The van der Waals surface area contributed by atoms with Crippen LogP contribution in [0.15, 0.2) is 46.9 Å². The third kappa shape index (κ3) is 4.49. The SMILES string of the molecule is COc1ccc(CC(CCl)Cc2ccccc2C)cc1Br. The van der Waals surface area contributed by atoms with E-state index in [2.05, 4.69) is 59.3 Å². The van der Waals surface area contributed by atoms with Gasteiger partial charge in [0.1, 0.15) is 5.75 Å². The normalized spacial score (nSPS) is 12.2. The van der Waals surface area contributed by atoms with Crippen LogP contribution in [0, 0.1) is 12.8 Å². The van der Waals surface area contributed by atoms with E-state index in [4.69, 9.17) is 16.3 Å². The van der Waals surface area contributed by atoms with E-state index in [1.54, 1.807) is 7.11 Å². The van der Waals surface area contributed by atoms with Gasteiger partial charge >= 0.3 is 0 Å². The summed E-state index contributed by atoms with van der Waals surface area (Å²) < 4.78 is 6.26. The maximum atomic E-state index is 6.18. The Bertz CT molecular complexity index is 598. The molecule has 0 aliphatic heterocycles. The predicted octanol–water partition coefficient (Wildman–Crippen LogP) is 5.41. The Morgan fingerprint density at radius 3 is 2.52 bits per heavy atom. The smallest absolute Gasteiger partial charge is 0.133 e. The highest BCUT2D eigenvalue weighted by Crippen LogP contribution is 2.27. The minimum absolute atomic E-state index is 0.438. The van der Waals surface area contributed by atoms with Gasteiger partial charge in [-0.2, -0.15) is 0 Å². The quantitative estimate of drug-likeness (QED) is 0.621. The van der Waals surface area contributed by atoms with Gasteiger partial charge in [0.2, 0.25) is 0 Å². The summed E-state index contributed by atoms with van der Waals surface area (Å²) in [6.07, 6.45) is 1.99. The van der Waals surface area contributed by atoms with Crippen molar-refractivity contribution in [2.24, 2.45) is 5.92 Å². The van der Waals surface area contributed by atoms with E-state index in [1.165, 1.54) is 16.7 Å². The van der Waals surface area contributed by atoms with Crippen LogP contribution >= 0.6 is 27.5 Å². The number of aryl methyl sites for hydroxylation is 1. The number of hydrogen-bond acceptors (Lipinski definition) is 1. The predicted molar refractivity (Wildman–Crippen MR) is 93.5 cm³/mol. The van der Waals surface area contributed by atoms with E-state index in [1.807, 2.05) is 6.07 Å². The highest BCUT2D eigenvalue weighted by Gasteiger charge is 2.12. The number of hydrogen-bond donors (Lipinski definition) is 0. The number of rotatable bonds is 6. The molecule has 3 heteroatoms. The zero-order valence-electron chi connectivity index (χ0n) is 12.4. The van der Waals surface area contributed by atoms with Crippen molar-refractivity contribution < 1.29 is 4.74 Å². The fourth-order valence-corrected chi connectivity index (χ4v) is 3.31. The molecule has 0 saturated carbocycles. The first-order valence-electron chi connectivity index (χ1n) is 7.07. The Kier molecular flexibility index (Phi) is 6.13. The van der Waals surface area contributed by atoms with Gasteiger partial charge < -0.3 is 4.74 Å². The first-order chi connectivity index (χ1) is 10.1. The number of benzene rings is 2. The summed E-state index contributed by atoms with van der Waals surface area (Å²) in [5.41, 5.74) is 4.00. The van der Waals surface area contributed by atoms with Gasteiger partial charge in [-0.25, -0.2) is 0 Å². The van der Waals surface area contributed by atoms with E-state index in [-0.39, 0.29) is 0 Å². The molecule has 1 atom stereocenters. The third-order valence-electron chi connectivity index (χ3n) is 3.73. The second-order valence-corrected chi connectivity index (χ2v) is 6.49. The van der Waals surface area contributed by atoms with E-state index < -0.39 is 0 Å². The Morgan fingerprint density at radius 2 is 1.90 bits per heavy atom. The van der Waals surface area contributed by atoms with E-state index in [9.17, 15) is 0 Å². The van der Waals surface area contributed by atoms with E-state index in [0.717, 1.165) is 23.1 Å². The summed E-state index contributed by atoms with van der Waals surface area (Å²) in [6, 6.07) is 14.8. The number of halogens is 2. The van der Waals surface area contributed by atoms with Crippen LogP contribution in [0.3, 0.4) is 0 Å². The van der Waals surface area contributed by atoms with Crippen molar-refractivity contribution in [3.63, 3.8) is 0 Å². The zero-order chi connectivity index (χ0) is 15.2. The van der Waals surface area contributed by atoms with Crippen LogP contribution in [0.4, 0.5) is 0 Å². The molecule has 0 fully saturated rings. The maximum Gasteiger partial charge on any atom is 0.133 e. The van der Waals surface area contributed by atoms with Gasteiger partial charge in [0, 0.05) is 5.88 Å². The summed E-state index contributed by atoms with van der Waals surface area (Å²) in [5, 5.41) is 0. The standard InChI is InChI=1S/C18H20BrClO/c1-13-5-3-4-6-16(13)10-15(12-20)9-14-7-8-18(21-2)17(19)11-14/h3-8,11,15H,9-10,12H2,1-2H3. The van der Waals surface area contributed by atoms with Crippen LogP contribution in [0.1, 0.15) is 16.7 Å². The van der Waals surface area contributed by atoms with Gasteiger partial charge in [-0.3, -0.25) is 0 Å². The molecule has 2 aromatic carbocycles. The molecule has 0 heterocycles. The molecule has 0 saturated heterocycles. The third-order valence-corrected chi connectivity index (χ3v) is 4.78. The van der Waals surface area contributed by atoms with Crippen molar-refractivity contribution in [3.05, 3.63) is 63.6 Å². The number of methoxy groups -OCH3 is 1. The number of ether oxygens (including phenoxy) is 1. The van der Waals surface area contributed by atoms with Gasteiger partial charge in [-0.1, -0.05) is 30.3 Å². The van der Waals surface area contributed by atoms with E-state index >= 15 is 0 Å². The molecular formula is C18H20BrClO. The van der Waals surface area contributed by atoms with Crippen molar-refractivity contribution in [1.82, 2.24) is 0 Å². The zero-order valence-corrected chi connectivity index (χ0v) is 14.7. The molecule has 1 nitrogen and oxygen atoms in total. The lowest BCUT2D eigenvalue weighted by molar-refractivity contribution is 0.412. The highest BCUT2D eigenvalue weighted by atomic mass is 79.9. The Balaban J connectivity index is 2.09.